The van der Waals surface area contributed by atoms with Crippen LogP contribution in [-0.4, -0.2) is 36.2 Å². The molecule has 0 aromatic carbocycles. The zero-order chi connectivity index (χ0) is 10.4. The Morgan fingerprint density at radius 3 is 2.86 bits per heavy atom. The third kappa shape index (κ3) is 3.74. The van der Waals surface area contributed by atoms with Gasteiger partial charge in [0.05, 0.1) is 0 Å². The van der Waals surface area contributed by atoms with Crippen LogP contribution in [0.1, 0.15) is 25.7 Å². The van der Waals surface area contributed by atoms with E-state index in [1.165, 1.54) is 0 Å². The van der Waals surface area contributed by atoms with E-state index in [4.69, 9.17) is 9.84 Å². The van der Waals surface area contributed by atoms with Gasteiger partial charge < -0.3 is 15.2 Å². The van der Waals surface area contributed by atoms with Crippen LogP contribution in [-0.2, 0) is 14.3 Å². The van der Waals surface area contributed by atoms with Gasteiger partial charge in [0.15, 0.2) is 0 Å². The van der Waals surface area contributed by atoms with E-state index in [9.17, 15) is 9.59 Å². The number of carbonyl (C=O) groups is 2. The predicted molar refractivity (Wildman–Crippen MR) is 48.9 cm³/mol. The van der Waals surface area contributed by atoms with E-state index in [0.717, 1.165) is 12.8 Å². The average Bonchev–Trinajstić information content (AvgIpc) is 2.64. The molecule has 0 saturated carbocycles. The van der Waals surface area contributed by atoms with E-state index in [0.29, 0.717) is 19.6 Å². The lowest BCUT2D eigenvalue weighted by atomic mass is 10.2. The Morgan fingerprint density at radius 2 is 2.29 bits per heavy atom. The summed E-state index contributed by atoms with van der Waals surface area (Å²) in [7, 11) is 0. The minimum Gasteiger partial charge on any atom is -0.481 e. The molecule has 0 radical (unpaired) electrons. The number of rotatable bonds is 5. The average molecular weight is 201 g/mol. The summed E-state index contributed by atoms with van der Waals surface area (Å²) < 4.78 is 5.16. The molecule has 1 heterocycles. The lowest BCUT2D eigenvalue weighted by Gasteiger charge is -2.09. The zero-order valence-corrected chi connectivity index (χ0v) is 7.99. The molecule has 0 aliphatic carbocycles. The highest BCUT2D eigenvalue weighted by Crippen LogP contribution is 2.11. The fourth-order valence-electron chi connectivity index (χ4n) is 1.35. The third-order valence-electron chi connectivity index (χ3n) is 2.09. The van der Waals surface area contributed by atoms with Crippen LogP contribution < -0.4 is 5.32 Å². The van der Waals surface area contributed by atoms with E-state index in [1.807, 2.05) is 0 Å². The van der Waals surface area contributed by atoms with Crippen molar-refractivity contribution in [1.82, 2.24) is 5.32 Å². The van der Waals surface area contributed by atoms with Gasteiger partial charge >= 0.3 is 5.97 Å². The van der Waals surface area contributed by atoms with E-state index >= 15 is 0 Å². The number of carboxylic acids is 1. The first kappa shape index (κ1) is 11.0. The summed E-state index contributed by atoms with van der Waals surface area (Å²) in [6.07, 6.45) is 1.93. The molecule has 1 amide bonds. The van der Waals surface area contributed by atoms with Crippen molar-refractivity contribution in [3.05, 3.63) is 0 Å². The van der Waals surface area contributed by atoms with Crippen LogP contribution in [0.2, 0.25) is 0 Å². The van der Waals surface area contributed by atoms with Crippen molar-refractivity contribution in [2.45, 2.75) is 31.8 Å². The molecular weight excluding hydrogens is 186 g/mol. The van der Waals surface area contributed by atoms with Crippen LogP contribution in [0.4, 0.5) is 0 Å². The maximum Gasteiger partial charge on any atom is 0.303 e. The Kier molecular flexibility index (Phi) is 4.39. The summed E-state index contributed by atoms with van der Waals surface area (Å²) in [4.78, 5) is 21.5. The fourth-order valence-corrected chi connectivity index (χ4v) is 1.35. The quantitative estimate of drug-likeness (QED) is 0.621. The van der Waals surface area contributed by atoms with Crippen LogP contribution in [0.15, 0.2) is 0 Å². The highest BCUT2D eigenvalue weighted by molar-refractivity contribution is 5.80. The Hall–Kier alpha value is -1.10. The molecule has 1 aliphatic heterocycles. The van der Waals surface area contributed by atoms with Gasteiger partial charge in [0.1, 0.15) is 6.10 Å². The highest BCUT2D eigenvalue weighted by Gasteiger charge is 2.22. The predicted octanol–water partition coefficient (Wildman–Crippen LogP) is 0.146. The van der Waals surface area contributed by atoms with Crippen molar-refractivity contribution in [3.8, 4) is 0 Å². The molecule has 0 aromatic rings. The minimum atomic E-state index is -0.837. The molecule has 80 valence electrons. The summed E-state index contributed by atoms with van der Waals surface area (Å²) in [5, 5.41) is 11.0. The van der Waals surface area contributed by atoms with Gasteiger partial charge in [0.2, 0.25) is 5.91 Å². The Balaban J connectivity index is 2.05. The number of carbonyl (C=O) groups excluding carboxylic acids is 1. The standard InChI is InChI=1S/C9H15NO4/c11-8(12)4-1-5-10-9(13)7-3-2-6-14-7/h7H,1-6H2,(H,10,13)(H,11,12)/t7-/m1/s1. The molecule has 5 heteroatoms. The van der Waals surface area contributed by atoms with Gasteiger partial charge in [-0.25, -0.2) is 0 Å². The van der Waals surface area contributed by atoms with Gasteiger partial charge in [0, 0.05) is 19.6 Å². The molecule has 1 fully saturated rings. The van der Waals surface area contributed by atoms with Crippen LogP contribution in [0.5, 0.6) is 0 Å². The van der Waals surface area contributed by atoms with E-state index in [1.54, 1.807) is 0 Å². The van der Waals surface area contributed by atoms with Gasteiger partial charge in [-0.15, -0.1) is 0 Å². The largest absolute Gasteiger partial charge is 0.481 e. The number of ether oxygens (including phenoxy) is 1. The SMILES string of the molecule is O=C(O)CCCNC(=O)[C@H]1CCCO1. The second-order valence-electron chi connectivity index (χ2n) is 3.29. The highest BCUT2D eigenvalue weighted by atomic mass is 16.5. The molecule has 2 N–H and O–H groups in total. The molecule has 5 nitrogen and oxygen atoms in total. The number of hydrogen-bond acceptors (Lipinski definition) is 3. The normalized spacial score (nSPS) is 20.7. The van der Waals surface area contributed by atoms with Gasteiger partial charge in [-0.05, 0) is 19.3 Å². The van der Waals surface area contributed by atoms with Crippen molar-refractivity contribution in [2.24, 2.45) is 0 Å². The summed E-state index contributed by atoms with van der Waals surface area (Å²) in [6.45, 7) is 1.05. The smallest absolute Gasteiger partial charge is 0.303 e. The van der Waals surface area contributed by atoms with Gasteiger partial charge in [-0.2, -0.15) is 0 Å². The van der Waals surface area contributed by atoms with Crippen molar-refractivity contribution in [2.75, 3.05) is 13.2 Å². The molecule has 0 spiro atoms. The van der Waals surface area contributed by atoms with E-state index in [2.05, 4.69) is 5.32 Å². The maximum absolute atomic E-state index is 11.3. The van der Waals surface area contributed by atoms with Crippen LogP contribution >= 0.6 is 0 Å². The number of nitrogens with one attached hydrogen (secondary N) is 1. The van der Waals surface area contributed by atoms with Crippen LogP contribution in [0, 0.1) is 0 Å². The first-order valence-corrected chi connectivity index (χ1v) is 4.81. The summed E-state index contributed by atoms with van der Waals surface area (Å²) in [5.74, 6) is -0.954. The monoisotopic (exact) mass is 201 g/mol. The van der Waals surface area contributed by atoms with Gasteiger partial charge in [-0.1, -0.05) is 0 Å². The molecule has 1 rings (SSSR count). The van der Waals surface area contributed by atoms with Crippen LogP contribution in [0.3, 0.4) is 0 Å². The minimum absolute atomic E-state index is 0.0891. The molecule has 14 heavy (non-hydrogen) atoms. The third-order valence-corrected chi connectivity index (χ3v) is 2.09. The van der Waals surface area contributed by atoms with E-state index in [-0.39, 0.29) is 18.4 Å². The Morgan fingerprint density at radius 1 is 1.50 bits per heavy atom. The Bertz CT molecular complexity index is 211. The van der Waals surface area contributed by atoms with Crippen molar-refractivity contribution in [3.63, 3.8) is 0 Å². The lowest BCUT2D eigenvalue weighted by Crippen LogP contribution is -2.34. The summed E-state index contributed by atoms with van der Waals surface area (Å²) in [6, 6.07) is 0. The van der Waals surface area contributed by atoms with Gasteiger partial charge in [0.25, 0.3) is 0 Å². The first-order valence-electron chi connectivity index (χ1n) is 4.81. The van der Waals surface area contributed by atoms with Gasteiger partial charge in [-0.3, -0.25) is 9.59 Å². The van der Waals surface area contributed by atoms with Crippen molar-refractivity contribution < 1.29 is 19.4 Å². The second-order valence-corrected chi connectivity index (χ2v) is 3.29. The first-order chi connectivity index (χ1) is 6.70. The summed E-state index contributed by atoms with van der Waals surface area (Å²) >= 11 is 0. The maximum atomic E-state index is 11.3. The molecule has 0 aromatic heterocycles. The fraction of sp³-hybridized carbons (Fsp3) is 0.778. The van der Waals surface area contributed by atoms with Crippen molar-refractivity contribution >= 4 is 11.9 Å². The molecule has 1 atom stereocenters. The number of carboxylic acid groups (broad SMARTS) is 1. The lowest BCUT2D eigenvalue weighted by molar-refractivity contribution is -0.137. The number of amides is 1. The molecular formula is C9H15NO4. The molecule has 1 aliphatic rings. The second kappa shape index (κ2) is 5.59. The molecule has 1 saturated heterocycles. The molecule has 0 bridgehead atoms. The summed E-state index contributed by atoms with van der Waals surface area (Å²) in [5.41, 5.74) is 0. The van der Waals surface area contributed by atoms with Crippen molar-refractivity contribution in [1.29, 1.82) is 0 Å². The van der Waals surface area contributed by atoms with E-state index < -0.39 is 5.97 Å². The topological polar surface area (TPSA) is 75.6 Å². The zero-order valence-electron chi connectivity index (χ0n) is 7.99. The Labute approximate surface area is 82.4 Å². The van der Waals surface area contributed by atoms with Crippen LogP contribution in [0.25, 0.3) is 0 Å². The number of hydrogen-bond donors (Lipinski definition) is 2. The number of aliphatic carboxylic acids is 1. The molecule has 0 unspecified atom stereocenters.